The summed E-state index contributed by atoms with van der Waals surface area (Å²) in [7, 11) is 0. The van der Waals surface area contributed by atoms with Gasteiger partial charge < -0.3 is 5.73 Å². The average molecular weight is 181 g/mol. The Kier molecular flexibility index (Phi) is 3.34. The Bertz CT molecular complexity index is 246. The molecule has 1 rings (SSSR count). The number of hydrogen-bond acceptors (Lipinski definition) is 2. The highest BCUT2D eigenvalue weighted by molar-refractivity contribution is 5.39. The minimum absolute atomic E-state index is 0.684. The number of aromatic nitrogens is 2. The molecule has 1 aromatic heterocycles. The Morgan fingerprint density at radius 1 is 1.62 bits per heavy atom. The van der Waals surface area contributed by atoms with E-state index in [1.807, 2.05) is 17.8 Å². The van der Waals surface area contributed by atoms with E-state index >= 15 is 0 Å². The summed E-state index contributed by atoms with van der Waals surface area (Å²) in [6.07, 6.45) is 4.40. The van der Waals surface area contributed by atoms with Gasteiger partial charge in [0.05, 0.1) is 11.4 Å². The minimum atomic E-state index is 0.684. The van der Waals surface area contributed by atoms with Gasteiger partial charge in [0, 0.05) is 12.7 Å². The quantitative estimate of drug-likeness (QED) is 0.774. The molecule has 0 aliphatic carbocycles. The van der Waals surface area contributed by atoms with Crippen molar-refractivity contribution in [2.45, 2.75) is 40.2 Å². The summed E-state index contributed by atoms with van der Waals surface area (Å²) in [4.78, 5) is 0. The Morgan fingerprint density at radius 2 is 2.31 bits per heavy atom. The topological polar surface area (TPSA) is 43.8 Å². The third-order valence-corrected chi connectivity index (χ3v) is 2.26. The molecule has 1 aromatic rings. The van der Waals surface area contributed by atoms with Crippen molar-refractivity contribution in [2.75, 3.05) is 5.73 Å². The van der Waals surface area contributed by atoms with Crippen LogP contribution >= 0.6 is 0 Å². The lowest BCUT2D eigenvalue weighted by Crippen LogP contribution is -2.07. The standard InChI is InChI=1S/C10H19N3/c1-4-5-8(2)6-13-7-10(11)9(3)12-13/h7-8H,4-6,11H2,1-3H3. The number of hydrogen-bond donors (Lipinski definition) is 1. The van der Waals surface area contributed by atoms with Crippen molar-refractivity contribution in [3.05, 3.63) is 11.9 Å². The molecular weight excluding hydrogens is 162 g/mol. The predicted octanol–water partition coefficient (Wildman–Crippen LogP) is 2.21. The Hall–Kier alpha value is -0.990. The molecule has 0 bridgehead atoms. The number of aryl methyl sites for hydroxylation is 1. The molecule has 0 saturated carbocycles. The normalized spacial score (nSPS) is 13.2. The third kappa shape index (κ3) is 2.76. The van der Waals surface area contributed by atoms with Crippen LogP contribution in [0.3, 0.4) is 0 Å². The monoisotopic (exact) mass is 181 g/mol. The molecule has 3 nitrogen and oxygen atoms in total. The zero-order valence-corrected chi connectivity index (χ0v) is 8.75. The SMILES string of the molecule is CCCC(C)Cn1cc(N)c(C)n1. The smallest absolute Gasteiger partial charge is 0.0822 e. The van der Waals surface area contributed by atoms with Crippen molar-refractivity contribution in [1.82, 2.24) is 9.78 Å². The van der Waals surface area contributed by atoms with Crippen LogP contribution in [0.4, 0.5) is 5.69 Å². The second-order valence-electron chi connectivity index (χ2n) is 3.79. The van der Waals surface area contributed by atoms with Gasteiger partial charge in [0.15, 0.2) is 0 Å². The van der Waals surface area contributed by atoms with Crippen LogP contribution in [0.15, 0.2) is 6.20 Å². The molecule has 74 valence electrons. The number of anilines is 1. The van der Waals surface area contributed by atoms with Crippen LogP contribution in [0.1, 0.15) is 32.4 Å². The summed E-state index contributed by atoms with van der Waals surface area (Å²) in [5.74, 6) is 0.684. The first kappa shape index (κ1) is 10.1. The molecule has 0 aliphatic rings. The highest BCUT2D eigenvalue weighted by Gasteiger charge is 2.04. The Balaban J connectivity index is 2.53. The van der Waals surface area contributed by atoms with Crippen molar-refractivity contribution in [2.24, 2.45) is 5.92 Å². The summed E-state index contributed by atoms with van der Waals surface area (Å²) < 4.78 is 1.95. The van der Waals surface area contributed by atoms with Gasteiger partial charge in [0.1, 0.15) is 0 Å². The molecule has 1 unspecified atom stereocenters. The maximum Gasteiger partial charge on any atom is 0.0822 e. The molecule has 0 aromatic carbocycles. The maximum atomic E-state index is 5.71. The van der Waals surface area contributed by atoms with Gasteiger partial charge in [-0.15, -0.1) is 0 Å². The summed E-state index contributed by atoms with van der Waals surface area (Å²) in [5.41, 5.74) is 7.44. The first-order chi connectivity index (χ1) is 6.13. The van der Waals surface area contributed by atoms with Gasteiger partial charge in [-0.1, -0.05) is 20.3 Å². The number of nitrogens with two attached hydrogens (primary N) is 1. The van der Waals surface area contributed by atoms with Gasteiger partial charge in [-0.25, -0.2) is 0 Å². The van der Waals surface area contributed by atoms with Gasteiger partial charge in [-0.2, -0.15) is 5.10 Å². The van der Waals surface area contributed by atoms with Crippen LogP contribution in [-0.4, -0.2) is 9.78 Å². The van der Waals surface area contributed by atoms with E-state index in [1.54, 1.807) is 0 Å². The second-order valence-corrected chi connectivity index (χ2v) is 3.79. The van der Waals surface area contributed by atoms with E-state index in [4.69, 9.17) is 5.73 Å². The third-order valence-electron chi connectivity index (χ3n) is 2.26. The van der Waals surface area contributed by atoms with Crippen LogP contribution in [-0.2, 0) is 6.54 Å². The van der Waals surface area contributed by atoms with Gasteiger partial charge in [0.25, 0.3) is 0 Å². The highest BCUT2D eigenvalue weighted by Crippen LogP contribution is 2.11. The molecule has 1 heterocycles. The fourth-order valence-electron chi connectivity index (χ4n) is 1.53. The molecule has 0 spiro atoms. The first-order valence-corrected chi connectivity index (χ1v) is 4.93. The summed E-state index contributed by atoms with van der Waals surface area (Å²) >= 11 is 0. The van der Waals surface area contributed by atoms with E-state index < -0.39 is 0 Å². The lowest BCUT2D eigenvalue weighted by Gasteiger charge is -2.09. The average Bonchev–Trinajstić information content (AvgIpc) is 2.31. The molecular formula is C10H19N3. The van der Waals surface area contributed by atoms with Gasteiger partial charge in [0.2, 0.25) is 0 Å². The van der Waals surface area contributed by atoms with Crippen LogP contribution < -0.4 is 5.73 Å². The van der Waals surface area contributed by atoms with Crippen molar-refractivity contribution >= 4 is 5.69 Å². The van der Waals surface area contributed by atoms with Crippen molar-refractivity contribution in [3.8, 4) is 0 Å². The number of nitrogens with zero attached hydrogens (tertiary/aromatic N) is 2. The van der Waals surface area contributed by atoms with Crippen LogP contribution in [0.25, 0.3) is 0 Å². The molecule has 0 amide bonds. The molecule has 0 radical (unpaired) electrons. The lowest BCUT2D eigenvalue weighted by atomic mass is 10.1. The van der Waals surface area contributed by atoms with E-state index in [0.29, 0.717) is 5.92 Å². The largest absolute Gasteiger partial charge is 0.396 e. The Labute approximate surface area is 79.9 Å². The first-order valence-electron chi connectivity index (χ1n) is 4.93. The molecule has 13 heavy (non-hydrogen) atoms. The molecule has 0 aliphatic heterocycles. The summed E-state index contributed by atoms with van der Waals surface area (Å²) in [6.45, 7) is 7.37. The zero-order chi connectivity index (χ0) is 9.84. The molecule has 0 saturated heterocycles. The van der Waals surface area contributed by atoms with E-state index in [0.717, 1.165) is 17.9 Å². The van der Waals surface area contributed by atoms with Gasteiger partial charge >= 0.3 is 0 Å². The summed E-state index contributed by atoms with van der Waals surface area (Å²) in [6, 6.07) is 0. The van der Waals surface area contributed by atoms with Gasteiger partial charge in [-0.3, -0.25) is 4.68 Å². The van der Waals surface area contributed by atoms with Crippen LogP contribution in [0.5, 0.6) is 0 Å². The molecule has 3 heteroatoms. The molecule has 1 atom stereocenters. The van der Waals surface area contributed by atoms with Gasteiger partial charge in [-0.05, 0) is 19.3 Å². The van der Waals surface area contributed by atoms with E-state index in [2.05, 4.69) is 18.9 Å². The van der Waals surface area contributed by atoms with Crippen molar-refractivity contribution in [1.29, 1.82) is 0 Å². The molecule has 0 fully saturated rings. The minimum Gasteiger partial charge on any atom is -0.396 e. The lowest BCUT2D eigenvalue weighted by molar-refractivity contribution is 0.419. The summed E-state index contributed by atoms with van der Waals surface area (Å²) in [5, 5.41) is 4.32. The fourth-order valence-corrected chi connectivity index (χ4v) is 1.53. The van der Waals surface area contributed by atoms with Crippen LogP contribution in [0, 0.1) is 12.8 Å². The van der Waals surface area contributed by atoms with E-state index in [9.17, 15) is 0 Å². The maximum absolute atomic E-state index is 5.71. The second kappa shape index (κ2) is 4.30. The van der Waals surface area contributed by atoms with E-state index in [1.165, 1.54) is 12.8 Å². The predicted molar refractivity (Wildman–Crippen MR) is 55.4 cm³/mol. The van der Waals surface area contributed by atoms with Crippen molar-refractivity contribution < 1.29 is 0 Å². The Morgan fingerprint density at radius 3 is 2.77 bits per heavy atom. The molecule has 2 N–H and O–H groups in total. The fraction of sp³-hybridized carbons (Fsp3) is 0.700. The van der Waals surface area contributed by atoms with Crippen molar-refractivity contribution in [3.63, 3.8) is 0 Å². The number of rotatable bonds is 4. The highest BCUT2D eigenvalue weighted by atomic mass is 15.3. The number of nitrogen functional groups attached to an aromatic ring is 1. The zero-order valence-electron chi connectivity index (χ0n) is 8.75. The van der Waals surface area contributed by atoms with E-state index in [-0.39, 0.29) is 0 Å². The van der Waals surface area contributed by atoms with Crippen LogP contribution in [0.2, 0.25) is 0 Å².